The van der Waals surface area contributed by atoms with E-state index in [0.717, 1.165) is 89.9 Å². The highest BCUT2D eigenvalue weighted by Crippen LogP contribution is 2.15. The van der Waals surface area contributed by atoms with E-state index in [1.807, 2.05) is 21.1 Å². The number of allylic oxidation sites excluding steroid dienone is 12. The first-order valence-corrected chi connectivity index (χ1v) is 26.6. The molecule has 66 heavy (non-hydrogen) atoms. The molecule has 0 fully saturated rings. The summed E-state index contributed by atoms with van der Waals surface area (Å²) in [6, 6.07) is 0. The van der Waals surface area contributed by atoms with Crippen molar-refractivity contribution in [2.45, 2.75) is 225 Å². The van der Waals surface area contributed by atoms with E-state index in [1.165, 1.54) is 89.9 Å². The molecule has 0 aromatic carbocycles. The van der Waals surface area contributed by atoms with Crippen molar-refractivity contribution in [1.29, 1.82) is 0 Å². The van der Waals surface area contributed by atoms with E-state index < -0.39 is 24.3 Å². The zero-order valence-electron chi connectivity index (χ0n) is 43.1. The van der Waals surface area contributed by atoms with Crippen LogP contribution >= 0.6 is 0 Å². The van der Waals surface area contributed by atoms with E-state index in [0.29, 0.717) is 17.4 Å². The number of carbonyl (C=O) groups excluding carboxylic acids is 2. The van der Waals surface area contributed by atoms with Gasteiger partial charge in [-0.15, -0.1) is 0 Å². The van der Waals surface area contributed by atoms with Crippen LogP contribution in [0.25, 0.3) is 0 Å². The Morgan fingerprint density at radius 3 is 1.29 bits per heavy atom. The number of quaternary nitrogens is 1. The molecule has 0 radical (unpaired) electrons. The minimum Gasteiger partial charge on any atom is -0.477 e. The van der Waals surface area contributed by atoms with Crippen LogP contribution in [-0.2, 0) is 33.3 Å². The van der Waals surface area contributed by atoms with E-state index in [9.17, 15) is 19.5 Å². The minimum atomic E-state index is -1.52. The maximum absolute atomic E-state index is 12.8. The van der Waals surface area contributed by atoms with Crippen molar-refractivity contribution in [2.75, 3.05) is 47.5 Å². The first-order chi connectivity index (χ1) is 32.1. The Morgan fingerprint density at radius 1 is 0.470 bits per heavy atom. The van der Waals surface area contributed by atoms with Gasteiger partial charge in [0, 0.05) is 12.8 Å². The predicted molar refractivity (Wildman–Crippen MR) is 276 cm³/mol. The number of nitrogens with zero attached hydrogens (tertiary/aromatic N) is 1. The molecule has 380 valence electrons. The molecule has 0 saturated carbocycles. The smallest absolute Gasteiger partial charge is 0.361 e. The molecule has 0 spiro atoms. The summed E-state index contributed by atoms with van der Waals surface area (Å²) in [5, 5.41) is 9.68. The second-order valence-electron chi connectivity index (χ2n) is 18.8. The summed E-state index contributed by atoms with van der Waals surface area (Å²) in [5.41, 5.74) is 0. The van der Waals surface area contributed by atoms with Gasteiger partial charge in [-0.3, -0.25) is 9.59 Å². The van der Waals surface area contributed by atoms with Crippen molar-refractivity contribution in [2.24, 2.45) is 0 Å². The molecule has 9 nitrogen and oxygen atoms in total. The molecule has 0 rings (SSSR count). The Labute approximate surface area is 405 Å². The van der Waals surface area contributed by atoms with Gasteiger partial charge in [0.05, 0.1) is 34.4 Å². The van der Waals surface area contributed by atoms with Crippen LogP contribution < -0.4 is 0 Å². The Bertz CT molecular complexity index is 1310. The normalized spacial score (nSPS) is 13.4. The molecule has 1 N–H and O–H groups in total. The van der Waals surface area contributed by atoms with Gasteiger partial charge in [-0.05, 0) is 83.5 Å². The lowest BCUT2D eigenvalue weighted by molar-refractivity contribution is -0.870. The summed E-state index contributed by atoms with van der Waals surface area (Å²) in [4.78, 5) is 37.3. The Balaban J connectivity index is 4.31. The van der Waals surface area contributed by atoms with Gasteiger partial charge < -0.3 is 28.5 Å². The van der Waals surface area contributed by atoms with Crippen molar-refractivity contribution in [1.82, 2.24) is 0 Å². The number of esters is 2. The highest BCUT2D eigenvalue weighted by molar-refractivity contribution is 5.71. The van der Waals surface area contributed by atoms with E-state index in [4.69, 9.17) is 18.9 Å². The van der Waals surface area contributed by atoms with Crippen LogP contribution in [0.5, 0.6) is 0 Å². The molecule has 0 aliphatic rings. The van der Waals surface area contributed by atoms with Gasteiger partial charge in [0.1, 0.15) is 13.2 Å². The van der Waals surface area contributed by atoms with Crippen LogP contribution in [0.3, 0.4) is 0 Å². The first kappa shape index (κ1) is 62.7. The van der Waals surface area contributed by atoms with Gasteiger partial charge in [-0.25, -0.2) is 4.79 Å². The standard InChI is InChI=1S/C57H99NO8/c1-6-8-10-12-14-16-18-20-22-24-25-26-27-28-29-30-31-32-34-36-38-40-42-44-46-48-55(60)66-53(52-65-57(56(61)62)63-50-49-58(3,4)5)51-64-54(59)47-45-43-41-39-37-35-33-23-21-19-17-15-13-11-9-7-2/h8,10,14,16-17,19-20,22-23,25-26,33,53,57H,6-7,9,11-13,15,18,21,24,27-32,34-52H2,1-5H3/p+1/b10-8-,16-14-,19-17-,22-20-,26-25-,33-23-. The molecule has 0 aliphatic heterocycles. The van der Waals surface area contributed by atoms with Gasteiger partial charge in [-0.2, -0.15) is 0 Å². The van der Waals surface area contributed by atoms with Crippen LogP contribution in [-0.4, -0.2) is 87.4 Å². The quantitative estimate of drug-likeness (QED) is 0.0211. The average molecular weight is 927 g/mol. The third-order valence-electron chi connectivity index (χ3n) is 11.2. The summed E-state index contributed by atoms with van der Waals surface area (Å²) < 4.78 is 22.8. The molecule has 0 heterocycles. The lowest BCUT2D eigenvalue weighted by Crippen LogP contribution is -2.40. The van der Waals surface area contributed by atoms with Gasteiger partial charge >= 0.3 is 17.9 Å². The number of aliphatic carboxylic acids is 1. The zero-order valence-corrected chi connectivity index (χ0v) is 43.1. The van der Waals surface area contributed by atoms with Gasteiger partial charge in [-0.1, -0.05) is 189 Å². The molecular formula is C57H100NO8+. The summed E-state index contributed by atoms with van der Waals surface area (Å²) in [7, 11) is 5.95. The highest BCUT2D eigenvalue weighted by Gasteiger charge is 2.25. The number of likely N-dealkylation sites (N-methyl/N-ethyl adjacent to an activating group) is 1. The van der Waals surface area contributed by atoms with Crippen LogP contribution in [0.1, 0.15) is 213 Å². The number of rotatable bonds is 48. The monoisotopic (exact) mass is 927 g/mol. The second kappa shape index (κ2) is 48.2. The second-order valence-corrected chi connectivity index (χ2v) is 18.8. The number of ether oxygens (including phenoxy) is 4. The molecule has 0 amide bonds. The Kier molecular flexibility index (Phi) is 45.8. The molecule has 0 aliphatic carbocycles. The number of carboxylic acid groups (broad SMARTS) is 1. The number of carbonyl (C=O) groups is 3. The molecule has 2 atom stereocenters. The molecule has 0 aromatic rings. The zero-order chi connectivity index (χ0) is 48.4. The lowest BCUT2D eigenvalue weighted by atomic mass is 10.0. The molecule has 9 heteroatoms. The average Bonchev–Trinajstić information content (AvgIpc) is 3.28. The van der Waals surface area contributed by atoms with Crippen molar-refractivity contribution in [3.05, 3.63) is 72.9 Å². The summed E-state index contributed by atoms with van der Waals surface area (Å²) in [6.07, 6.45) is 58.2. The predicted octanol–water partition coefficient (Wildman–Crippen LogP) is 15.1. The fraction of sp³-hybridized carbons (Fsp3) is 0.737. The van der Waals surface area contributed by atoms with E-state index >= 15 is 0 Å². The Morgan fingerprint density at radius 2 is 0.864 bits per heavy atom. The van der Waals surface area contributed by atoms with E-state index in [1.54, 1.807) is 0 Å². The van der Waals surface area contributed by atoms with Crippen molar-refractivity contribution >= 4 is 17.9 Å². The lowest BCUT2D eigenvalue weighted by Gasteiger charge is -2.25. The van der Waals surface area contributed by atoms with Crippen molar-refractivity contribution in [3.8, 4) is 0 Å². The van der Waals surface area contributed by atoms with Crippen LogP contribution in [0.2, 0.25) is 0 Å². The van der Waals surface area contributed by atoms with Gasteiger partial charge in [0.2, 0.25) is 0 Å². The summed E-state index contributed by atoms with van der Waals surface area (Å²) >= 11 is 0. The summed E-state index contributed by atoms with van der Waals surface area (Å²) in [6.45, 7) is 4.73. The Hall–Kier alpha value is -3.27. The first-order valence-electron chi connectivity index (χ1n) is 26.6. The minimum absolute atomic E-state index is 0.182. The molecule has 2 unspecified atom stereocenters. The van der Waals surface area contributed by atoms with Gasteiger partial charge in [0.25, 0.3) is 6.29 Å². The van der Waals surface area contributed by atoms with E-state index in [2.05, 4.69) is 86.8 Å². The van der Waals surface area contributed by atoms with Crippen LogP contribution in [0.4, 0.5) is 0 Å². The number of hydrogen-bond acceptors (Lipinski definition) is 7. The molecule has 0 saturated heterocycles. The van der Waals surface area contributed by atoms with Gasteiger partial charge in [0.15, 0.2) is 6.10 Å². The fourth-order valence-corrected chi connectivity index (χ4v) is 7.09. The van der Waals surface area contributed by atoms with Crippen molar-refractivity contribution < 1.29 is 42.9 Å². The van der Waals surface area contributed by atoms with Crippen LogP contribution in [0.15, 0.2) is 72.9 Å². The third-order valence-corrected chi connectivity index (χ3v) is 11.2. The fourth-order valence-electron chi connectivity index (χ4n) is 7.09. The van der Waals surface area contributed by atoms with Crippen molar-refractivity contribution in [3.63, 3.8) is 0 Å². The molecule has 0 bridgehead atoms. The number of carboxylic acids is 1. The maximum Gasteiger partial charge on any atom is 0.361 e. The van der Waals surface area contributed by atoms with Crippen LogP contribution in [0, 0.1) is 0 Å². The summed E-state index contributed by atoms with van der Waals surface area (Å²) in [5.74, 6) is -2.03. The topological polar surface area (TPSA) is 108 Å². The third kappa shape index (κ3) is 48.7. The maximum atomic E-state index is 12.8. The number of unbranched alkanes of at least 4 members (excludes halogenated alkanes) is 21. The largest absolute Gasteiger partial charge is 0.477 e. The molecular weight excluding hydrogens is 827 g/mol. The highest BCUT2D eigenvalue weighted by atomic mass is 16.7. The molecule has 0 aromatic heterocycles. The number of hydrogen-bond donors (Lipinski definition) is 1. The van der Waals surface area contributed by atoms with E-state index in [-0.39, 0.29) is 38.6 Å². The SMILES string of the molecule is CC/C=C\C/C=C\C/C=C\C/C=C\CCCCCCCCCCCCCCC(=O)OC(COC(=O)CCCCCCC/C=C\C/C=C\CCCCCC)COC(OCC[N+](C)(C)C)C(=O)O.